The van der Waals surface area contributed by atoms with Crippen LogP contribution in [-0.4, -0.2) is 21.6 Å². The van der Waals surface area contributed by atoms with Gasteiger partial charge in [-0.1, -0.05) is 12.1 Å². The Hall–Kier alpha value is -2.14. The zero-order valence-electron chi connectivity index (χ0n) is 13.0. The predicted molar refractivity (Wildman–Crippen MR) is 83.1 cm³/mol. The van der Waals surface area contributed by atoms with Crippen LogP contribution >= 0.6 is 0 Å². The highest BCUT2D eigenvalue weighted by Crippen LogP contribution is 2.18. The lowest BCUT2D eigenvalue weighted by Gasteiger charge is -2.21. The molecular weight excluding hydrogens is 283 g/mol. The lowest BCUT2D eigenvalue weighted by Crippen LogP contribution is -2.38. The van der Waals surface area contributed by atoms with E-state index in [0.29, 0.717) is 11.3 Å². The van der Waals surface area contributed by atoms with Crippen LogP contribution in [0.2, 0.25) is 0 Å². The second-order valence-corrected chi connectivity index (χ2v) is 5.65. The number of aromatic nitrogens is 1. The first-order valence-electron chi connectivity index (χ1n) is 7.31. The first-order chi connectivity index (χ1) is 10.4. The fourth-order valence-electron chi connectivity index (χ4n) is 2.34. The molecule has 0 aliphatic rings. The Morgan fingerprint density at radius 2 is 1.82 bits per heavy atom. The summed E-state index contributed by atoms with van der Waals surface area (Å²) in [7, 11) is 0. The Morgan fingerprint density at radius 3 is 2.41 bits per heavy atom. The van der Waals surface area contributed by atoms with Gasteiger partial charge in [0.15, 0.2) is 0 Å². The van der Waals surface area contributed by atoms with Crippen LogP contribution in [0.15, 0.2) is 42.6 Å². The summed E-state index contributed by atoms with van der Waals surface area (Å²) in [5.74, 6) is -0.602. The number of benzene rings is 1. The van der Waals surface area contributed by atoms with E-state index in [-0.39, 0.29) is 17.8 Å². The summed E-state index contributed by atoms with van der Waals surface area (Å²) in [6.45, 7) is 5.70. The molecule has 22 heavy (non-hydrogen) atoms. The molecule has 0 spiro atoms. The summed E-state index contributed by atoms with van der Waals surface area (Å²) < 4.78 is 14.8. The van der Waals surface area contributed by atoms with Gasteiger partial charge >= 0.3 is 0 Å². The van der Waals surface area contributed by atoms with E-state index in [1.165, 1.54) is 24.3 Å². The van der Waals surface area contributed by atoms with Crippen LogP contribution in [0.1, 0.15) is 49.0 Å². The Kier molecular flexibility index (Phi) is 4.98. The van der Waals surface area contributed by atoms with Crippen molar-refractivity contribution in [2.24, 2.45) is 0 Å². The van der Waals surface area contributed by atoms with Gasteiger partial charge in [-0.05, 0) is 50.6 Å². The summed E-state index contributed by atoms with van der Waals surface area (Å²) in [5, 5.41) is 13.0. The van der Waals surface area contributed by atoms with E-state index in [9.17, 15) is 14.3 Å². The number of carbonyl (C=O) groups is 1. The maximum atomic E-state index is 12.9. The van der Waals surface area contributed by atoms with Crippen LogP contribution in [0.5, 0.6) is 0 Å². The van der Waals surface area contributed by atoms with Crippen molar-refractivity contribution in [3.05, 3.63) is 59.7 Å². The fraction of sp³-hybridized carbons (Fsp3) is 0.353. The van der Waals surface area contributed by atoms with Gasteiger partial charge in [0.2, 0.25) is 0 Å². The minimum atomic E-state index is -0.896. The van der Waals surface area contributed by atoms with E-state index in [2.05, 4.69) is 5.32 Å². The summed E-state index contributed by atoms with van der Waals surface area (Å²) in [5.41, 5.74) is 1.11. The van der Waals surface area contributed by atoms with Gasteiger partial charge in [0.1, 0.15) is 11.5 Å². The number of nitrogens with zero attached hydrogens (tertiary/aromatic N) is 1. The molecule has 2 atom stereocenters. The largest absolute Gasteiger partial charge is 0.386 e. The van der Waals surface area contributed by atoms with Crippen molar-refractivity contribution in [1.82, 2.24) is 9.88 Å². The van der Waals surface area contributed by atoms with Crippen LogP contribution in [0.25, 0.3) is 0 Å². The molecule has 0 saturated carbocycles. The zero-order chi connectivity index (χ0) is 16.3. The van der Waals surface area contributed by atoms with E-state index in [1.807, 2.05) is 30.7 Å². The van der Waals surface area contributed by atoms with Crippen molar-refractivity contribution in [3.8, 4) is 0 Å². The van der Waals surface area contributed by atoms with Crippen LogP contribution in [0.4, 0.5) is 4.39 Å². The number of amides is 1. The number of hydrogen-bond donors (Lipinski definition) is 2. The lowest BCUT2D eigenvalue weighted by molar-refractivity contribution is 0.0842. The monoisotopic (exact) mass is 304 g/mol. The Labute approximate surface area is 129 Å². The third-order valence-electron chi connectivity index (χ3n) is 3.61. The van der Waals surface area contributed by atoms with Crippen LogP contribution in [-0.2, 0) is 0 Å². The molecular formula is C17H21FN2O2. The molecule has 1 aromatic carbocycles. The van der Waals surface area contributed by atoms with Crippen LogP contribution < -0.4 is 5.32 Å². The molecule has 0 bridgehead atoms. The van der Waals surface area contributed by atoms with Crippen molar-refractivity contribution in [2.45, 2.75) is 39.0 Å². The minimum absolute atomic E-state index is 0.174. The van der Waals surface area contributed by atoms with E-state index >= 15 is 0 Å². The zero-order valence-corrected chi connectivity index (χ0v) is 13.0. The number of nitrogens with one attached hydrogen (secondary N) is 1. The Morgan fingerprint density at radius 1 is 1.18 bits per heavy atom. The van der Waals surface area contributed by atoms with Crippen molar-refractivity contribution in [3.63, 3.8) is 0 Å². The topological polar surface area (TPSA) is 54.3 Å². The van der Waals surface area contributed by atoms with E-state index < -0.39 is 12.1 Å². The molecule has 1 heterocycles. The molecule has 4 nitrogen and oxygen atoms in total. The maximum absolute atomic E-state index is 12.9. The quantitative estimate of drug-likeness (QED) is 0.892. The average Bonchev–Trinajstić information content (AvgIpc) is 2.97. The second-order valence-electron chi connectivity index (χ2n) is 5.65. The summed E-state index contributed by atoms with van der Waals surface area (Å²) >= 11 is 0. The van der Waals surface area contributed by atoms with Gasteiger partial charge in [-0.15, -0.1) is 0 Å². The predicted octanol–water partition coefficient (Wildman–Crippen LogP) is 3.06. The number of rotatable bonds is 5. The number of aliphatic hydroxyl groups is 1. The van der Waals surface area contributed by atoms with Gasteiger partial charge in [-0.2, -0.15) is 0 Å². The number of carbonyl (C=O) groups excluding carboxylic acids is 1. The number of aliphatic hydroxyl groups excluding tert-OH is 1. The fourth-order valence-corrected chi connectivity index (χ4v) is 2.34. The molecule has 5 heteroatoms. The summed E-state index contributed by atoms with van der Waals surface area (Å²) in [6, 6.07) is 8.84. The van der Waals surface area contributed by atoms with Crippen LogP contribution in [0.3, 0.4) is 0 Å². The van der Waals surface area contributed by atoms with Gasteiger partial charge in [0.25, 0.3) is 5.91 Å². The summed E-state index contributed by atoms with van der Waals surface area (Å²) in [6.07, 6.45) is 0.952. The van der Waals surface area contributed by atoms with Crippen molar-refractivity contribution >= 4 is 5.91 Å². The van der Waals surface area contributed by atoms with E-state index in [4.69, 9.17) is 0 Å². The minimum Gasteiger partial charge on any atom is -0.386 e. The highest BCUT2D eigenvalue weighted by atomic mass is 19.1. The number of hydrogen-bond acceptors (Lipinski definition) is 2. The maximum Gasteiger partial charge on any atom is 0.268 e. The van der Waals surface area contributed by atoms with E-state index in [1.54, 1.807) is 13.0 Å². The molecule has 0 aliphatic heterocycles. The molecule has 2 aromatic rings. The van der Waals surface area contributed by atoms with Gasteiger partial charge in [0, 0.05) is 12.2 Å². The molecule has 2 N–H and O–H groups in total. The molecule has 2 rings (SSSR count). The standard InChI is InChI=1S/C17H21FN2O2/c1-11(2)20-10-4-5-15(20)17(22)19-12(3)16(21)13-6-8-14(18)9-7-13/h4-12,16,21H,1-3H3,(H,19,22). The SMILES string of the molecule is CC(NC(=O)c1cccn1C(C)C)C(O)c1ccc(F)cc1. The van der Waals surface area contributed by atoms with Crippen molar-refractivity contribution < 1.29 is 14.3 Å². The lowest BCUT2D eigenvalue weighted by atomic mass is 10.0. The summed E-state index contributed by atoms with van der Waals surface area (Å²) in [4.78, 5) is 12.3. The molecule has 0 radical (unpaired) electrons. The van der Waals surface area contributed by atoms with Gasteiger partial charge in [-0.3, -0.25) is 4.79 Å². The number of halogens is 1. The molecule has 0 fully saturated rings. The molecule has 0 aliphatic carbocycles. The normalized spacial score (nSPS) is 13.9. The van der Waals surface area contributed by atoms with Gasteiger partial charge in [-0.25, -0.2) is 4.39 Å². The molecule has 1 amide bonds. The third kappa shape index (κ3) is 3.54. The molecule has 0 saturated heterocycles. The van der Waals surface area contributed by atoms with E-state index in [0.717, 1.165) is 0 Å². The van der Waals surface area contributed by atoms with Crippen molar-refractivity contribution in [2.75, 3.05) is 0 Å². The van der Waals surface area contributed by atoms with Gasteiger partial charge < -0.3 is 15.0 Å². The molecule has 118 valence electrons. The smallest absolute Gasteiger partial charge is 0.268 e. The van der Waals surface area contributed by atoms with Gasteiger partial charge in [0.05, 0.1) is 12.1 Å². The first-order valence-corrected chi connectivity index (χ1v) is 7.31. The average molecular weight is 304 g/mol. The first kappa shape index (κ1) is 16.2. The highest BCUT2D eigenvalue weighted by molar-refractivity contribution is 5.93. The molecule has 1 aromatic heterocycles. The second kappa shape index (κ2) is 6.75. The Balaban J connectivity index is 2.07. The Bertz CT molecular complexity index is 634. The van der Waals surface area contributed by atoms with Crippen molar-refractivity contribution in [1.29, 1.82) is 0 Å². The highest BCUT2D eigenvalue weighted by Gasteiger charge is 2.21. The molecule has 2 unspecified atom stereocenters. The third-order valence-corrected chi connectivity index (χ3v) is 3.61. The van der Waals surface area contributed by atoms with Crippen LogP contribution in [0, 0.1) is 5.82 Å².